The number of hydrogen-bond acceptors (Lipinski definition) is 5. The molecule has 0 spiro atoms. The maximum absolute atomic E-state index is 12.7. The van der Waals surface area contributed by atoms with Gasteiger partial charge in [0.2, 0.25) is 5.95 Å². The first kappa shape index (κ1) is 21.3. The van der Waals surface area contributed by atoms with Crippen LogP contribution in [0.5, 0.6) is 5.75 Å². The topological polar surface area (TPSA) is 76.1 Å². The van der Waals surface area contributed by atoms with Gasteiger partial charge in [0.05, 0.1) is 12.1 Å². The number of methoxy groups -OCH3 is 1. The molecule has 1 aromatic heterocycles. The third kappa shape index (κ3) is 5.04. The molecule has 4 aromatic rings. The highest BCUT2D eigenvalue weighted by molar-refractivity contribution is 6.32. The molecule has 0 aliphatic carbocycles. The summed E-state index contributed by atoms with van der Waals surface area (Å²) in [6.45, 7) is 2.05. The lowest BCUT2D eigenvalue weighted by Gasteiger charge is -2.10. The van der Waals surface area contributed by atoms with Crippen LogP contribution in [0.2, 0.25) is 5.02 Å². The van der Waals surface area contributed by atoms with E-state index in [1.807, 2.05) is 25.1 Å². The predicted molar refractivity (Wildman–Crippen MR) is 128 cm³/mol. The first-order valence-electron chi connectivity index (χ1n) is 9.93. The molecule has 0 atom stereocenters. The van der Waals surface area contributed by atoms with Gasteiger partial charge in [0.25, 0.3) is 5.91 Å². The lowest BCUT2D eigenvalue weighted by Crippen LogP contribution is -2.12. The number of amides is 1. The van der Waals surface area contributed by atoms with E-state index in [0.29, 0.717) is 33.7 Å². The summed E-state index contributed by atoms with van der Waals surface area (Å²) in [7, 11) is 1.54. The normalized spacial score (nSPS) is 10.5. The maximum atomic E-state index is 12.7. The summed E-state index contributed by atoms with van der Waals surface area (Å²) in [5.41, 5.74) is 4.95. The Bertz CT molecular complexity index is 1240. The van der Waals surface area contributed by atoms with Crippen LogP contribution < -0.4 is 15.4 Å². The number of nitrogens with zero attached hydrogens (tertiary/aromatic N) is 2. The molecule has 160 valence electrons. The van der Waals surface area contributed by atoms with Gasteiger partial charge in [-0.1, -0.05) is 47.5 Å². The standard InChI is InChI=1S/C25H21ClN4O2/c1-16-6-8-17(9-7-16)19-14-27-25(28-15-19)30-20-5-3-4-18(12-20)24(31)29-21-10-11-23(32-2)22(26)13-21/h3-15H,1-2H3,(H,29,31)(H,27,28,30). The van der Waals surface area contributed by atoms with Crippen LogP contribution in [0.15, 0.2) is 79.1 Å². The van der Waals surface area contributed by atoms with Crippen LogP contribution in [-0.2, 0) is 0 Å². The molecule has 0 bridgehead atoms. The molecule has 4 rings (SSSR count). The van der Waals surface area contributed by atoms with Gasteiger partial charge < -0.3 is 15.4 Å². The van der Waals surface area contributed by atoms with Gasteiger partial charge in [-0.3, -0.25) is 4.79 Å². The number of halogens is 1. The van der Waals surface area contributed by atoms with Crippen LogP contribution in [-0.4, -0.2) is 23.0 Å². The molecule has 1 heterocycles. The minimum Gasteiger partial charge on any atom is -0.495 e. The number of nitrogens with one attached hydrogen (secondary N) is 2. The smallest absolute Gasteiger partial charge is 0.255 e. The summed E-state index contributed by atoms with van der Waals surface area (Å²) in [6.07, 6.45) is 3.54. The number of ether oxygens (including phenoxy) is 1. The van der Waals surface area contributed by atoms with Gasteiger partial charge in [0, 0.05) is 34.9 Å². The summed E-state index contributed by atoms with van der Waals surface area (Å²) in [4.78, 5) is 21.4. The number of rotatable bonds is 6. The SMILES string of the molecule is COc1ccc(NC(=O)c2cccc(Nc3ncc(-c4ccc(C)cc4)cn3)c2)cc1Cl. The van der Waals surface area contributed by atoms with E-state index in [4.69, 9.17) is 16.3 Å². The van der Waals surface area contributed by atoms with Crippen molar-refractivity contribution in [2.75, 3.05) is 17.7 Å². The first-order valence-corrected chi connectivity index (χ1v) is 10.3. The van der Waals surface area contributed by atoms with E-state index in [1.165, 1.54) is 12.7 Å². The average Bonchev–Trinajstić information content (AvgIpc) is 2.80. The van der Waals surface area contributed by atoms with Crippen LogP contribution in [0.25, 0.3) is 11.1 Å². The van der Waals surface area contributed by atoms with Crippen molar-refractivity contribution in [3.8, 4) is 16.9 Å². The Labute approximate surface area is 191 Å². The van der Waals surface area contributed by atoms with E-state index in [0.717, 1.165) is 11.1 Å². The largest absolute Gasteiger partial charge is 0.495 e. The molecule has 3 aromatic carbocycles. The Morgan fingerprint density at radius 1 is 0.906 bits per heavy atom. The number of aryl methyl sites for hydroxylation is 1. The van der Waals surface area contributed by atoms with Crippen LogP contribution in [0.3, 0.4) is 0 Å². The Morgan fingerprint density at radius 2 is 1.66 bits per heavy atom. The van der Waals surface area contributed by atoms with Crippen LogP contribution in [0, 0.1) is 6.92 Å². The van der Waals surface area contributed by atoms with Crippen molar-refractivity contribution >= 4 is 34.8 Å². The lowest BCUT2D eigenvalue weighted by molar-refractivity contribution is 0.102. The Balaban J connectivity index is 1.45. The minimum absolute atomic E-state index is 0.259. The molecule has 0 aliphatic heterocycles. The maximum Gasteiger partial charge on any atom is 0.255 e. The van der Waals surface area contributed by atoms with E-state index < -0.39 is 0 Å². The molecule has 6 nitrogen and oxygen atoms in total. The fourth-order valence-corrected chi connectivity index (χ4v) is 3.36. The van der Waals surface area contributed by atoms with Crippen molar-refractivity contribution in [3.05, 3.63) is 95.3 Å². The summed E-state index contributed by atoms with van der Waals surface area (Å²) in [5, 5.41) is 6.39. The van der Waals surface area contributed by atoms with Gasteiger partial charge >= 0.3 is 0 Å². The highest BCUT2D eigenvalue weighted by Gasteiger charge is 2.10. The molecule has 0 unspecified atom stereocenters. The zero-order chi connectivity index (χ0) is 22.5. The number of hydrogen-bond donors (Lipinski definition) is 2. The predicted octanol–water partition coefficient (Wildman–Crippen LogP) is 6.11. The zero-order valence-corrected chi connectivity index (χ0v) is 18.4. The fourth-order valence-electron chi connectivity index (χ4n) is 3.10. The van der Waals surface area contributed by atoms with E-state index >= 15 is 0 Å². The lowest BCUT2D eigenvalue weighted by atomic mass is 10.1. The number of carbonyl (C=O) groups excluding carboxylic acids is 1. The van der Waals surface area contributed by atoms with Crippen LogP contribution >= 0.6 is 11.6 Å². The Kier molecular flexibility index (Phi) is 6.33. The second-order valence-electron chi connectivity index (χ2n) is 7.17. The van der Waals surface area contributed by atoms with Crippen molar-refractivity contribution in [1.82, 2.24) is 9.97 Å². The molecular weight excluding hydrogens is 424 g/mol. The fraction of sp³-hybridized carbons (Fsp3) is 0.0800. The quantitative estimate of drug-likeness (QED) is 0.375. The van der Waals surface area contributed by atoms with Gasteiger partial charge in [-0.05, 0) is 48.9 Å². The van der Waals surface area contributed by atoms with Gasteiger partial charge in [-0.25, -0.2) is 9.97 Å². The minimum atomic E-state index is -0.259. The number of aromatic nitrogens is 2. The Hall–Kier alpha value is -3.90. The van der Waals surface area contributed by atoms with Gasteiger partial charge in [0.1, 0.15) is 5.75 Å². The summed E-state index contributed by atoms with van der Waals surface area (Å²) in [5.74, 6) is 0.732. The molecule has 0 radical (unpaired) electrons. The van der Waals surface area contributed by atoms with Gasteiger partial charge in [-0.2, -0.15) is 0 Å². The third-order valence-corrected chi connectivity index (χ3v) is 5.12. The highest BCUT2D eigenvalue weighted by atomic mass is 35.5. The van der Waals surface area contributed by atoms with Crippen LogP contribution in [0.1, 0.15) is 15.9 Å². The van der Waals surface area contributed by atoms with Crippen LogP contribution in [0.4, 0.5) is 17.3 Å². The molecule has 32 heavy (non-hydrogen) atoms. The van der Waals surface area contributed by atoms with E-state index in [-0.39, 0.29) is 5.91 Å². The molecule has 2 N–H and O–H groups in total. The second-order valence-corrected chi connectivity index (χ2v) is 7.58. The monoisotopic (exact) mass is 444 g/mol. The molecule has 0 fully saturated rings. The van der Waals surface area contributed by atoms with E-state index in [9.17, 15) is 4.79 Å². The van der Waals surface area contributed by atoms with Crippen molar-refractivity contribution in [1.29, 1.82) is 0 Å². The van der Waals surface area contributed by atoms with E-state index in [2.05, 4.69) is 32.7 Å². The second kappa shape index (κ2) is 9.49. The number of carbonyl (C=O) groups is 1. The summed E-state index contributed by atoms with van der Waals surface area (Å²) in [6, 6.07) is 20.4. The summed E-state index contributed by atoms with van der Waals surface area (Å²) >= 11 is 6.13. The molecule has 7 heteroatoms. The Morgan fingerprint density at radius 3 is 2.34 bits per heavy atom. The number of anilines is 3. The van der Waals surface area contributed by atoms with Crippen molar-refractivity contribution < 1.29 is 9.53 Å². The summed E-state index contributed by atoms with van der Waals surface area (Å²) < 4.78 is 5.13. The molecule has 0 saturated heterocycles. The number of benzene rings is 3. The van der Waals surface area contributed by atoms with Gasteiger partial charge in [0.15, 0.2) is 0 Å². The van der Waals surface area contributed by atoms with Crippen molar-refractivity contribution in [2.45, 2.75) is 6.92 Å². The van der Waals surface area contributed by atoms with Crippen molar-refractivity contribution in [2.24, 2.45) is 0 Å². The third-order valence-electron chi connectivity index (χ3n) is 4.83. The molecule has 0 aliphatic rings. The first-order chi connectivity index (χ1) is 15.5. The van der Waals surface area contributed by atoms with Gasteiger partial charge in [-0.15, -0.1) is 0 Å². The molecule has 0 saturated carbocycles. The highest BCUT2D eigenvalue weighted by Crippen LogP contribution is 2.27. The molecule has 1 amide bonds. The molecular formula is C25H21ClN4O2. The van der Waals surface area contributed by atoms with Crippen molar-refractivity contribution in [3.63, 3.8) is 0 Å². The zero-order valence-electron chi connectivity index (χ0n) is 17.6. The average molecular weight is 445 g/mol. The van der Waals surface area contributed by atoms with E-state index in [1.54, 1.807) is 48.8 Å².